The van der Waals surface area contributed by atoms with Crippen LogP contribution in [0.2, 0.25) is 0 Å². The molecular weight excluding hydrogens is 256 g/mol. The molecule has 1 saturated heterocycles. The van der Waals surface area contributed by atoms with Gasteiger partial charge in [-0.2, -0.15) is 0 Å². The van der Waals surface area contributed by atoms with Crippen LogP contribution < -0.4 is 4.90 Å². The van der Waals surface area contributed by atoms with E-state index in [0.717, 1.165) is 18.1 Å². The van der Waals surface area contributed by atoms with Crippen molar-refractivity contribution in [2.24, 2.45) is 0 Å². The Balaban J connectivity index is 2.33. The molecule has 0 radical (unpaired) electrons. The van der Waals surface area contributed by atoms with Crippen molar-refractivity contribution in [1.82, 2.24) is 4.98 Å². The maximum Gasteiger partial charge on any atom is 0.129 e. The van der Waals surface area contributed by atoms with E-state index in [2.05, 4.69) is 37.8 Å². The summed E-state index contributed by atoms with van der Waals surface area (Å²) in [6.07, 6.45) is 5.12. The number of aromatic nitrogens is 1. The number of nitrogens with zero attached hydrogens (tertiary/aromatic N) is 2. The highest BCUT2D eigenvalue weighted by Gasteiger charge is 2.22. The van der Waals surface area contributed by atoms with Crippen LogP contribution >= 0.6 is 11.6 Å². The first kappa shape index (κ1) is 14.6. The largest absolute Gasteiger partial charge is 0.354 e. The highest BCUT2D eigenvalue weighted by molar-refractivity contribution is 6.17. The molecule has 0 saturated carbocycles. The molecule has 2 heterocycles. The van der Waals surface area contributed by atoms with Crippen molar-refractivity contribution in [2.45, 2.75) is 64.3 Å². The average molecular weight is 281 g/mol. The third kappa shape index (κ3) is 3.42. The van der Waals surface area contributed by atoms with E-state index in [9.17, 15) is 0 Å². The van der Waals surface area contributed by atoms with Gasteiger partial charge >= 0.3 is 0 Å². The van der Waals surface area contributed by atoms with Crippen molar-refractivity contribution in [2.75, 3.05) is 11.4 Å². The number of hydrogen-bond donors (Lipinski definition) is 0. The summed E-state index contributed by atoms with van der Waals surface area (Å²) in [7, 11) is 0. The monoisotopic (exact) mass is 280 g/mol. The fourth-order valence-electron chi connectivity index (χ4n) is 2.84. The standard InChI is InChI=1S/C16H25ClN2/c1-4-14-7-5-6-8-19(14)16-10-13(11-17)9-15(18-16)12(2)3/h9-10,12,14H,4-8,11H2,1-3H3. The summed E-state index contributed by atoms with van der Waals surface area (Å²) in [5, 5.41) is 0. The molecule has 1 aromatic rings. The van der Waals surface area contributed by atoms with Gasteiger partial charge in [-0.3, -0.25) is 0 Å². The second kappa shape index (κ2) is 6.60. The summed E-state index contributed by atoms with van der Waals surface area (Å²) >= 11 is 6.04. The van der Waals surface area contributed by atoms with E-state index in [0.29, 0.717) is 17.8 Å². The van der Waals surface area contributed by atoms with E-state index in [1.165, 1.54) is 31.2 Å². The van der Waals surface area contributed by atoms with E-state index in [1.54, 1.807) is 0 Å². The Hall–Kier alpha value is -0.760. The molecule has 0 N–H and O–H groups in total. The van der Waals surface area contributed by atoms with Gasteiger partial charge < -0.3 is 4.90 Å². The lowest BCUT2D eigenvalue weighted by Crippen LogP contribution is -2.39. The SMILES string of the molecule is CCC1CCCCN1c1cc(CCl)cc(C(C)C)n1. The van der Waals surface area contributed by atoms with Gasteiger partial charge in [-0.05, 0) is 49.3 Å². The Bertz CT molecular complexity index is 417. The molecule has 0 spiro atoms. The van der Waals surface area contributed by atoms with Crippen LogP contribution in [0.5, 0.6) is 0 Å². The van der Waals surface area contributed by atoms with Gasteiger partial charge in [0.2, 0.25) is 0 Å². The lowest BCUT2D eigenvalue weighted by molar-refractivity contribution is 0.446. The molecule has 0 aliphatic carbocycles. The molecule has 1 fully saturated rings. The second-order valence-electron chi connectivity index (χ2n) is 5.80. The normalized spacial score (nSPS) is 20.1. The topological polar surface area (TPSA) is 16.1 Å². The van der Waals surface area contributed by atoms with Gasteiger partial charge in [0.15, 0.2) is 0 Å². The van der Waals surface area contributed by atoms with Crippen molar-refractivity contribution < 1.29 is 0 Å². The summed E-state index contributed by atoms with van der Waals surface area (Å²) in [4.78, 5) is 7.36. The first-order valence-corrected chi connectivity index (χ1v) is 8.02. The molecule has 1 aromatic heterocycles. The van der Waals surface area contributed by atoms with Gasteiger partial charge in [-0.25, -0.2) is 4.98 Å². The molecule has 0 bridgehead atoms. The molecule has 0 amide bonds. The Morgan fingerprint density at radius 1 is 1.37 bits per heavy atom. The Morgan fingerprint density at radius 2 is 2.16 bits per heavy atom. The molecule has 0 aromatic carbocycles. The van der Waals surface area contributed by atoms with Gasteiger partial charge in [0.05, 0.1) is 0 Å². The van der Waals surface area contributed by atoms with Crippen LogP contribution in [0, 0.1) is 0 Å². The van der Waals surface area contributed by atoms with Gasteiger partial charge in [0.25, 0.3) is 0 Å². The lowest BCUT2D eigenvalue weighted by atomic mass is 9.99. The quantitative estimate of drug-likeness (QED) is 0.743. The number of halogens is 1. The highest BCUT2D eigenvalue weighted by Crippen LogP contribution is 2.28. The van der Waals surface area contributed by atoms with Crippen LogP contribution in [0.25, 0.3) is 0 Å². The zero-order valence-corrected chi connectivity index (χ0v) is 13.1. The van der Waals surface area contributed by atoms with Crippen LogP contribution in [0.3, 0.4) is 0 Å². The maximum absolute atomic E-state index is 6.04. The fourth-order valence-corrected chi connectivity index (χ4v) is 3.00. The van der Waals surface area contributed by atoms with E-state index in [-0.39, 0.29) is 0 Å². The van der Waals surface area contributed by atoms with Crippen LogP contribution in [-0.4, -0.2) is 17.6 Å². The first-order chi connectivity index (χ1) is 9.15. The van der Waals surface area contributed by atoms with E-state index in [1.807, 2.05) is 0 Å². The molecule has 2 rings (SSSR count). The zero-order valence-electron chi connectivity index (χ0n) is 12.3. The minimum atomic E-state index is 0.451. The van der Waals surface area contributed by atoms with Crippen LogP contribution in [0.4, 0.5) is 5.82 Å². The molecule has 1 aliphatic heterocycles. The average Bonchev–Trinajstić information content (AvgIpc) is 2.46. The third-order valence-corrected chi connectivity index (χ3v) is 4.34. The molecule has 1 aliphatic rings. The van der Waals surface area contributed by atoms with Crippen molar-refractivity contribution >= 4 is 17.4 Å². The number of hydrogen-bond acceptors (Lipinski definition) is 2. The number of rotatable bonds is 4. The van der Waals surface area contributed by atoms with Crippen molar-refractivity contribution in [1.29, 1.82) is 0 Å². The minimum absolute atomic E-state index is 0.451. The summed E-state index contributed by atoms with van der Waals surface area (Å²) in [6, 6.07) is 4.96. The molecule has 19 heavy (non-hydrogen) atoms. The minimum Gasteiger partial charge on any atom is -0.354 e. The number of piperidine rings is 1. The number of pyridine rings is 1. The lowest BCUT2D eigenvalue weighted by Gasteiger charge is -2.36. The third-order valence-electron chi connectivity index (χ3n) is 4.03. The highest BCUT2D eigenvalue weighted by atomic mass is 35.5. The Morgan fingerprint density at radius 3 is 2.79 bits per heavy atom. The molecule has 3 heteroatoms. The van der Waals surface area contributed by atoms with Crippen LogP contribution in [0.15, 0.2) is 12.1 Å². The predicted molar refractivity (Wildman–Crippen MR) is 83.2 cm³/mol. The zero-order chi connectivity index (χ0) is 13.8. The van der Waals surface area contributed by atoms with Crippen molar-refractivity contribution in [3.8, 4) is 0 Å². The van der Waals surface area contributed by atoms with Crippen LogP contribution in [0.1, 0.15) is 63.6 Å². The summed E-state index contributed by atoms with van der Waals surface area (Å²) in [6.45, 7) is 7.79. The van der Waals surface area contributed by atoms with Crippen molar-refractivity contribution in [3.63, 3.8) is 0 Å². The molecular formula is C16H25ClN2. The van der Waals surface area contributed by atoms with Gasteiger partial charge in [-0.15, -0.1) is 11.6 Å². The van der Waals surface area contributed by atoms with E-state index in [4.69, 9.17) is 16.6 Å². The molecule has 1 unspecified atom stereocenters. The van der Waals surface area contributed by atoms with E-state index >= 15 is 0 Å². The Labute approximate surface area is 122 Å². The van der Waals surface area contributed by atoms with Gasteiger partial charge in [-0.1, -0.05) is 20.8 Å². The molecule has 2 nitrogen and oxygen atoms in total. The van der Waals surface area contributed by atoms with Crippen LogP contribution in [-0.2, 0) is 5.88 Å². The fraction of sp³-hybridized carbons (Fsp3) is 0.688. The smallest absolute Gasteiger partial charge is 0.129 e. The summed E-state index contributed by atoms with van der Waals surface area (Å²) < 4.78 is 0. The summed E-state index contributed by atoms with van der Waals surface area (Å²) in [5.41, 5.74) is 2.35. The Kier molecular flexibility index (Phi) is 5.09. The molecule has 106 valence electrons. The van der Waals surface area contributed by atoms with Gasteiger partial charge in [0, 0.05) is 24.2 Å². The van der Waals surface area contributed by atoms with Crippen molar-refractivity contribution in [3.05, 3.63) is 23.4 Å². The summed E-state index contributed by atoms with van der Waals surface area (Å²) in [5.74, 6) is 2.15. The molecule has 1 atom stereocenters. The predicted octanol–water partition coefficient (Wildman–Crippen LogP) is 4.71. The maximum atomic E-state index is 6.04. The van der Waals surface area contributed by atoms with Gasteiger partial charge in [0.1, 0.15) is 5.82 Å². The van der Waals surface area contributed by atoms with E-state index < -0.39 is 0 Å². The number of alkyl halides is 1. The second-order valence-corrected chi connectivity index (χ2v) is 6.07. The first-order valence-electron chi connectivity index (χ1n) is 7.49. The number of anilines is 1.